The Morgan fingerprint density at radius 1 is 1.34 bits per heavy atom. The number of β-lactam (4-membered cyclic amide) rings is 1. The molecule has 1 aromatic carbocycles. The average Bonchev–Trinajstić information content (AvgIpc) is 3.36. The third-order valence-corrected chi connectivity index (χ3v) is 9.83. The van der Waals surface area contributed by atoms with Crippen molar-refractivity contribution in [1.82, 2.24) is 15.2 Å². The Hall–Kier alpha value is -3.93. The minimum atomic E-state index is -1.32. The minimum absolute atomic E-state index is 0.0302. The van der Waals surface area contributed by atoms with Crippen LogP contribution in [0.15, 0.2) is 66.6 Å². The standard InChI is InChI=1S/C24H18FN5O7S4/c25-9-37-29-17(13-8-40-24(26)27-13)20(33)28-18-21(34)30-19(23(35)36)10(7-39-22(18)30)3-4-38-16-6-14(32)12-2-1-11(31)5-15(12)41-16/h1-6,8,18,22,31H,7,9H2,(H2,26,27)(H,28,33)(H,35,36)/t18?,22-/m0/s1. The molecule has 0 saturated carbocycles. The minimum Gasteiger partial charge on any atom is -0.508 e. The van der Waals surface area contributed by atoms with Gasteiger partial charge in [0.1, 0.15) is 28.6 Å². The van der Waals surface area contributed by atoms with Gasteiger partial charge in [0.2, 0.25) is 0 Å². The molecule has 0 spiro atoms. The average molecular weight is 636 g/mol. The monoisotopic (exact) mass is 635 g/mol. The number of carboxylic acid groups (broad SMARTS) is 1. The lowest BCUT2D eigenvalue weighted by Gasteiger charge is -2.49. The van der Waals surface area contributed by atoms with Crippen molar-refractivity contribution in [1.29, 1.82) is 0 Å². The molecule has 5 rings (SSSR count). The highest BCUT2D eigenvalue weighted by molar-refractivity contribution is 8.04. The molecule has 0 radical (unpaired) electrons. The lowest BCUT2D eigenvalue weighted by molar-refractivity contribution is -0.150. The summed E-state index contributed by atoms with van der Waals surface area (Å²) in [4.78, 5) is 59.9. The van der Waals surface area contributed by atoms with Gasteiger partial charge in [0.05, 0.1) is 4.21 Å². The zero-order valence-corrected chi connectivity index (χ0v) is 23.7. The Kier molecular flexibility index (Phi) is 8.30. The van der Waals surface area contributed by atoms with Crippen LogP contribution in [0.4, 0.5) is 9.52 Å². The Balaban J connectivity index is 1.32. The van der Waals surface area contributed by atoms with Gasteiger partial charge in [-0.25, -0.2) is 14.2 Å². The molecule has 2 aliphatic heterocycles. The number of hydrogen-bond donors (Lipinski definition) is 4. The van der Waals surface area contributed by atoms with E-state index < -0.39 is 36.1 Å². The molecule has 2 aliphatic rings. The van der Waals surface area contributed by atoms with E-state index in [0.29, 0.717) is 19.9 Å². The Bertz CT molecular complexity index is 1720. The molecular formula is C24H18FN5O7S4. The Labute approximate surface area is 246 Å². The van der Waals surface area contributed by atoms with Gasteiger partial charge in [-0.3, -0.25) is 19.3 Å². The molecule has 1 saturated heterocycles. The SMILES string of the molecule is Nc1nc(C(=NOCF)C(=O)NC2C(=O)N3C(C(=O)O)=C(C=CSc4cc(=O)c5ccc(O)cc5s4)CS[C@@H]23)cs1. The smallest absolute Gasteiger partial charge is 0.352 e. The first-order valence-electron chi connectivity index (χ1n) is 11.5. The van der Waals surface area contributed by atoms with Crippen molar-refractivity contribution in [2.45, 2.75) is 15.6 Å². The van der Waals surface area contributed by atoms with Crippen molar-refractivity contribution in [2.75, 3.05) is 18.3 Å². The van der Waals surface area contributed by atoms with Crippen LogP contribution >= 0.6 is 46.2 Å². The summed E-state index contributed by atoms with van der Waals surface area (Å²) in [6, 6.07) is 4.87. The number of nitrogens with two attached hydrogens (primary N) is 1. The van der Waals surface area contributed by atoms with Crippen LogP contribution < -0.4 is 16.5 Å². The lowest BCUT2D eigenvalue weighted by atomic mass is 10.0. The van der Waals surface area contributed by atoms with Crippen molar-refractivity contribution in [3.63, 3.8) is 0 Å². The molecule has 5 N–H and O–H groups in total. The first-order chi connectivity index (χ1) is 19.7. The van der Waals surface area contributed by atoms with E-state index in [9.17, 15) is 33.8 Å². The van der Waals surface area contributed by atoms with Crippen LogP contribution in [0, 0.1) is 0 Å². The molecule has 2 amide bonds. The van der Waals surface area contributed by atoms with E-state index in [1.807, 2.05) is 0 Å². The molecule has 17 heteroatoms. The highest BCUT2D eigenvalue weighted by atomic mass is 32.2. The number of anilines is 1. The van der Waals surface area contributed by atoms with Gasteiger partial charge < -0.3 is 26.1 Å². The van der Waals surface area contributed by atoms with E-state index >= 15 is 0 Å². The number of halogens is 1. The van der Waals surface area contributed by atoms with Crippen molar-refractivity contribution >= 4 is 84.9 Å². The predicted octanol–water partition coefficient (Wildman–Crippen LogP) is 2.70. The number of allylic oxidation sites excluding steroid dienone is 1. The van der Waals surface area contributed by atoms with Crippen LogP contribution in [0.25, 0.3) is 10.1 Å². The number of alkyl halides is 1. The van der Waals surface area contributed by atoms with Crippen LogP contribution in [0.2, 0.25) is 0 Å². The van der Waals surface area contributed by atoms with Crippen molar-refractivity contribution in [2.24, 2.45) is 5.16 Å². The fourth-order valence-corrected chi connectivity index (χ4v) is 7.91. The Morgan fingerprint density at radius 3 is 2.85 bits per heavy atom. The molecule has 41 heavy (non-hydrogen) atoms. The number of aromatic nitrogens is 1. The summed E-state index contributed by atoms with van der Waals surface area (Å²) in [5, 5.41) is 28.5. The fraction of sp³-hybridized carbons (Fsp3) is 0.167. The van der Waals surface area contributed by atoms with E-state index in [4.69, 9.17) is 5.73 Å². The maximum absolute atomic E-state index is 13.0. The number of benzene rings is 1. The number of nitrogen functional groups attached to an aromatic ring is 1. The molecule has 0 bridgehead atoms. The van der Waals surface area contributed by atoms with Gasteiger partial charge in [-0.05, 0) is 35.3 Å². The largest absolute Gasteiger partial charge is 0.508 e. The zero-order valence-electron chi connectivity index (χ0n) is 20.5. The van der Waals surface area contributed by atoms with Gasteiger partial charge in [-0.2, -0.15) is 0 Å². The number of carbonyl (C=O) groups is 3. The van der Waals surface area contributed by atoms with E-state index in [1.165, 1.54) is 58.4 Å². The molecule has 1 fully saturated rings. The third kappa shape index (κ3) is 5.79. The van der Waals surface area contributed by atoms with Crippen molar-refractivity contribution < 1.29 is 33.8 Å². The number of nitrogens with one attached hydrogen (secondary N) is 1. The summed E-state index contributed by atoms with van der Waals surface area (Å²) < 4.78 is 13.8. The quantitative estimate of drug-likeness (QED) is 0.117. The van der Waals surface area contributed by atoms with Gasteiger partial charge in [0, 0.05) is 27.3 Å². The van der Waals surface area contributed by atoms with Gasteiger partial charge in [-0.15, -0.1) is 34.4 Å². The van der Waals surface area contributed by atoms with Crippen molar-refractivity contribution in [3.8, 4) is 5.75 Å². The molecule has 1 unspecified atom stereocenters. The van der Waals surface area contributed by atoms with Gasteiger partial charge >= 0.3 is 5.97 Å². The number of phenols is 1. The molecule has 4 heterocycles. The molecular weight excluding hydrogens is 618 g/mol. The van der Waals surface area contributed by atoms with E-state index in [0.717, 1.165) is 16.2 Å². The lowest BCUT2D eigenvalue weighted by Crippen LogP contribution is -2.71. The number of thiazole rings is 1. The number of aromatic hydroxyl groups is 1. The number of nitrogens with zero attached hydrogens (tertiary/aromatic N) is 3. The van der Waals surface area contributed by atoms with Crippen LogP contribution in [-0.2, 0) is 19.2 Å². The zero-order chi connectivity index (χ0) is 29.3. The van der Waals surface area contributed by atoms with Gasteiger partial charge in [-0.1, -0.05) is 16.9 Å². The number of rotatable bonds is 9. The molecule has 2 atom stereocenters. The van der Waals surface area contributed by atoms with E-state index in [2.05, 4.69) is 20.3 Å². The van der Waals surface area contributed by atoms with Gasteiger partial charge in [0.15, 0.2) is 16.3 Å². The molecule has 0 aliphatic carbocycles. The van der Waals surface area contributed by atoms with Crippen LogP contribution in [-0.4, -0.2) is 67.6 Å². The second-order valence-electron chi connectivity index (χ2n) is 8.32. The normalized spacial score (nSPS) is 18.9. The highest BCUT2D eigenvalue weighted by Crippen LogP contribution is 2.41. The second kappa shape index (κ2) is 11.9. The van der Waals surface area contributed by atoms with Gasteiger partial charge in [0.25, 0.3) is 18.7 Å². The summed E-state index contributed by atoms with van der Waals surface area (Å²) in [5.74, 6) is -2.58. The van der Waals surface area contributed by atoms with E-state index in [1.54, 1.807) is 17.6 Å². The summed E-state index contributed by atoms with van der Waals surface area (Å²) in [7, 11) is 0. The van der Waals surface area contributed by atoms with E-state index in [-0.39, 0.29) is 39.2 Å². The number of carbonyl (C=O) groups excluding carboxylic acids is 2. The number of phenolic OH excluding ortho intramolecular Hbond substituents is 1. The first-order valence-corrected chi connectivity index (χ1v) is 15.1. The number of thioether (sulfide) groups is 2. The molecule has 3 aromatic rings. The molecule has 212 valence electrons. The maximum Gasteiger partial charge on any atom is 0.352 e. The number of oxime groups is 1. The van der Waals surface area contributed by atoms with Crippen LogP contribution in [0.3, 0.4) is 0 Å². The number of hydrogen-bond acceptors (Lipinski definition) is 13. The fourth-order valence-electron chi connectivity index (χ4n) is 4.03. The predicted molar refractivity (Wildman–Crippen MR) is 155 cm³/mol. The molecule has 2 aromatic heterocycles. The number of fused-ring (bicyclic) bond motifs is 2. The highest BCUT2D eigenvalue weighted by Gasteiger charge is 2.54. The van der Waals surface area contributed by atoms with Crippen LogP contribution in [0.5, 0.6) is 5.75 Å². The number of aliphatic carboxylic acids is 1. The maximum atomic E-state index is 13.0. The number of amides is 2. The second-order valence-corrected chi connectivity index (χ2v) is 12.6. The summed E-state index contributed by atoms with van der Waals surface area (Å²) >= 11 is 4.76. The first kappa shape index (κ1) is 28.6. The number of carboxylic acids is 1. The van der Waals surface area contributed by atoms with Crippen molar-refractivity contribution in [3.05, 3.63) is 68.3 Å². The Morgan fingerprint density at radius 2 is 2.15 bits per heavy atom. The molecule has 12 nitrogen and oxygen atoms in total. The summed E-state index contributed by atoms with van der Waals surface area (Å²) in [6.45, 7) is -1.30. The topological polar surface area (TPSA) is 185 Å². The summed E-state index contributed by atoms with van der Waals surface area (Å²) in [6.07, 6.45) is 1.56. The van der Waals surface area contributed by atoms with Crippen LogP contribution in [0.1, 0.15) is 5.69 Å². The third-order valence-electron chi connectivity index (χ3n) is 5.81. The summed E-state index contributed by atoms with van der Waals surface area (Å²) in [5.41, 5.74) is 5.18.